The van der Waals surface area contributed by atoms with Gasteiger partial charge >= 0.3 is 0 Å². The average molecular weight is 276 g/mol. The molecule has 1 rings (SSSR count). The summed E-state index contributed by atoms with van der Waals surface area (Å²) in [4.78, 5) is 23.8. The molecule has 0 unspecified atom stereocenters. The maximum absolute atomic E-state index is 12.0. The quantitative estimate of drug-likeness (QED) is 0.752. The zero-order valence-electron chi connectivity index (χ0n) is 12.5. The summed E-state index contributed by atoms with van der Waals surface area (Å²) in [6.45, 7) is 6.61. The van der Waals surface area contributed by atoms with Gasteiger partial charge < -0.3 is 10.6 Å². The maximum Gasteiger partial charge on any atom is 0.251 e. The van der Waals surface area contributed by atoms with Gasteiger partial charge in [0.05, 0.1) is 0 Å². The second kappa shape index (κ2) is 8.35. The smallest absolute Gasteiger partial charge is 0.251 e. The van der Waals surface area contributed by atoms with Crippen LogP contribution in [0.3, 0.4) is 0 Å². The Kier molecular flexibility index (Phi) is 6.77. The van der Waals surface area contributed by atoms with Gasteiger partial charge in [0.15, 0.2) is 0 Å². The molecule has 1 aromatic rings. The highest BCUT2D eigenvalue weighted by molar-refractivity contribution is 5.99. The van der Waals surface area contributed by atoms with Gasteiger partial charge in [0.1, 0.15) is 0 Å². The van der Waals surface area contributed by atoms with Crippen LogP contribution in [-0.4, -0.2) is 24.4 Å². The van der Waals surface area contributed by atoms with Gasteiger partial charge in [-0.1, -0.05) is 25.8 Å². The van der Waals surface area contributed by atoms with E-state index >= 15 is 0 Å². The highest BCUT2D eigenvalue weighted by Crippen LogP contribution is 2.06. The summed E-state index contributed by atoms with van der Waals surface area (Å²) in [5, 5.41) is 5.68. The van der Waals surface area contributed by atoms with Crippen LogP contribution >= 0.6 is 0 Å². The molecule has 0 saturated heterocycles. The van der Waals surface area contributed by atoms with E-state index in [2.05, 4.69) is 17.6 Å². The number of hydrogen-bond donors (Lipinski definition) is 2. The fourth-order valence-electron chi connectivity index (χ4n) is 1.83. The molecule has 110 valence electrons. The van der Waals surface area contributed by atoms with E-state index in [9.17, 15) is 9.59 Å². The van der Waals surface area contributed by atoms with Gasteiger partial charge in [0.25, 0.3) is 11.8 Å². The van der Waals surface area contributed by atoms with E-state index in [0.717, 1.165) is 19.3 Å². The molecule has 0 aliphatic heterocycles. The van der Waals surface area contributed by atoms with Crippen LogP contribution in [0.4, 0.5) is 0 Å². The Bertz CT molecular complexity index is 456. The number of rotatable bonds is 7. The van der Waals surface area contributed by atoms with E-state index in [1.165, 1.54) is 0 Å². The number of hydrogen-bond acceptors (Lipinski definition) is 2. The van der Waals surface area contributed by atoms with Crippen molar-refractivity contribution in [1.82, 2.24) is 10.6 Å². The Morgan fingerprint density at radius 3 is 2.35 bits per heavy atom. The topological polar surface area (TPSA) is 58.2 Å². The van der Waals surface area contributed by atoms with Crippen molar-refractivity contribution in [1.29, 1.82) is 0 Å². The van der Waals surface area contributed by atoms with Gasteiger partial charge in [0, 0.05) is 23.7 Å². The molecular formula is C16H24N2O2. The third-order valence-electron chi connectivity index (χ3n) is 2.87. The molecule has 4 heteroatoms. The lowest BCUT2D eigenvalue weighted by atomic mass is 10.1. The lowest BCUT2D eigenvalue weighted by Crippen LogP contribution is -2.30. The molecule has 0 atom stereocenters. The largest absolute Gasteiger partial charge is 0.352 e. The monoisotopic (exact) mass is 276 g/mol. The minimum Gasteiger partial charge on any atom is -0.352 e. The van der Waals surface area contributed by atoms with Crippen LogP contribution in [-0.2, 0) is 0 Å². The molecule has 20 heavy (non-hydrogen) atoms. The number of unbranched alkanes of at least 4 members (excludes halogenated alkanes) is 2. The van der Waals surface area contributed by atoms with Gasteiger partial charge in [-0.05, 0) is 38.5 Å². The first-order valence-electron chi connectivity index (χ1n) is 7.23. The third-order valence-corrected chi connectivity index (χ3v) is 2.87. The van der Waals surface area contributed by atoms with Gasteiger partial charge in [-0.2, -0.15) is 0 Å². The van der Waals surface area contributed by atoms with Crippen LogP contribution in [0.25, 0.3) is 0 Å². The van der Waals surface area contributed by atoms with Crippen LogP contribution in [0.2, 0.25) is 0 Å². The SMILES string of the molecule is CCCCCNC(=O)c1cccc(C(=O)NC(C)C)c1. The predicted octanol–water partition coefficient (Wildman–Crippen LogP) is 2.74. The molecule has 0 fully saturated rings. The van der Waals surface area contributed by atoms with Gasteiger partial charge in [-0.3, -0.25) is 9.59 Å². The summed E-state index contributed by atoms with van der Waals surface area (Å²) in [6.07, 6.45) is 3.22. The van der Waals surface area contributed by atoms with Crippen LogP contribution in [0.1, 0.15) is 60.7 Å². The average Bonchev–Trinajstić information content (AvgIpc) is 2.43. The van der Waals surface area contributed by atoms with Crippen LogP contribution < -0.4 is 10.6 Å². The molecule has 0 aliphatic carbocycles. The molecule has 1 aromatic carbocycles. The number of nitrogens with one attached hydrogen (secondary N) is 2. The first kappa shape index (κ1) is 16.2. The summed E-state index contributed by atoms with van der Waals surface area (Å²) in [6, 6.07) is 6.88. The molecule has 4 nitrogen and oxygen atoms in total. The number of amides is 2. The Hall–Kier alpha value is -1.84. The minimum absolute atomic E-state index is 0.0778. The van der Waals surface area contributed by atoms with Crippen molar-refractivity contribution >= 4 is 11.8 Å². The predicted molar refractivity (Wildman–Crippen MR) is 80.9 cm³/mol. The van der Waals surface area contributed by atoms with E-state index < -0.39 is 0 Å². The lowest BCUT2D eigenvalue weighted by molar-refractivity contribution is 0.0943. The molecule has 0 spiro atoms. The molecule has 0 saturated carbocycles. The molecule has 2 amide bonds. The molecule has 0 bridgehead atoms. The fraction of sp³-hybridized carbons (Fsp3) is 0.500. The van der Waals surface area contributed by atoms with Crippen molar-refractivity contribution in [3.63, 3.8) is 0 Å². The van der Waals surface area contributed by atoms with Crippen molar-refractivity contribution in [3.05, 3.63) is 35.4 Å². The minimum atomic E-state index is -0.152. The highest BCUT2D eigenvalue weighted by Gasteiger charge is 2.10. The van der Waals surface area contributed by atoms with Gasteiger partial charge in [-0.25, -0.2) is 0 Å². The standard InChI is InChI=1S/C16H24N2O2/c1-4-5-6-10-17-15(19)13-8-7-9-14(11-13)16(20)18-12(2)3/h7-9,11-12H,4-6,10H2,1-3H3,(H,17,19)(H,18,20). The summed E-state index contributed by atoms with van der Waals surface area (Å²) in [5.41, 5.74) is 1.04. The molecule has 2 N–H and O–H groups in total. The fourth-order valence-corrected chi connectivity index (χ4v) is 1.83. The Morgan fingerprint density at radius 2 is 1.75 bits per heavy atom. The van der Waals surface area contributed by atoms with E-state index in [4.69, 9.17) is 0 Å². The maximum atomic E-state index is 12.0. The normalized spacial score (nSPS) is 10.4. The zero-order valence-corrected chi connectivity index (χ0v) is 12.5. The van der Waals surface area contributed by atoms with E-state index in [-0.39, 0.29) is 17.9 Å². The molecule has 0 aromatic heterocycles. The van der Waals surface area contributed by atoms with Crippen molar-refractivity contribution in [2.24, 2.45) is 0 Å². The summed E-state index contributed by atoms with van der Waals surface area (Å²) < 4.78 is 0. The number of carbonyl (C=O) groups excluding carboxylic acids is 2. The van der Waals surface area contributed by atoms with E-state index in [0.29, 0.717) is 17.7 Å². The lowest BCUT2D eigenvalue weighted by Gasteiger charge is -2.09. The second-order valence-corrected chi connectivity index (χ2v) is 5.17. The van der Waals surface area contributed by atoms with Gasteiger partial charge in [0.2, 0.25) is 0 Å². The van der Waals surface area contributed by atoms with Crippen molar-refractivity contribution in [2.45, 2.75) is 46.1 Å². The van der Waals surface area contributed by atoms with E-state index in [1.807, 2.05) is 13.8 Å². The van der Waals surface area contributed by atoms with Crippen molar-refractivity contribution < 1.29 is 9.59 Å². The molecular weight excluding hydrogens is 252 g/mol. The highest BCUT2D eigenvalue weighted by atomic mass is 16.2. The summed E-state index contributed by atoms with van der Waals surface area (Å²) in [5.74, 6) is -0.277. The summed E-state index contributed by atoms with van der Waals surface area (Å²) in [7, 11) is 0. The van der Waals surface area contributed by atoms with E-state index in [1.54, 1.807) is 24.3 Å². The molecule has 0 heterocycles. The Morgan fingerprint density at radius 1 is 1.10 bits per heavy atom. The van der Waals surface area contributed by atoms with Crippen molar-refractivity contribution in [3.8, 4) is 0 Å². The van der Waals surface area contributed by atoms with Crippen LogP contribution in [0.5, 0.6) is 0 Å². The van der Waals surface area contributed by atoms with Crippen molar-refractivity contribution in [2.75, 3.05) is 6.54 Å². The Labute approximate surface area is 121 Å². The van der Waals surface area contributed by atoms with Crippen LogP contribution in [0.15, 0.2) is 24.3 Å². The first-order chi connectivity index (χ1) is 9.54. The second-order valence-electron chi connectivity index (χ2n) is 5.17. The molecule has 0 radical (unpaired) electrons. The number of carbonyl (C=O) groups is 2. The third kappa shape index (κ3) is 5.43. The van der Waals surface area contributed by atoms with Crippen LogP contribution in [0, 0.1) is 0 Å². The van der Waals surface area contributed by atoms with Gasteiger partial charge in [-0.15, -0.1) is 0 Å². The zero-order chi connectivity index (χ0) is 15.0. The summed E-state index contributed by atoms with van der Waals surface area (Å²) >= 11 is 0. The Balaban J connectivity index is 2.62. The first-order valence-corrected chi connectivity index (χ1v) is 7.23. The number of benzene rings is 1. The molecule has 0 aliphatic rings.